The van der Waals surface area contributed by atoms with Crippen molar-refractivity contribution in [1.82, 2.24) is 0 Å². The number of carbonyl (C=O) groups excluding carboxylic acids is 1. The second-order valence-corrected chi connectivity index (χ2v) is 16.2. The van der Waals surface area contributed by atoms with Gasteiger partial charge >= 0.3 is 5.97 Å². The molecule has 0 saturated carbocycles. The lowest BCUT2D eigenvalue weighted by atomic mass is 9.89. The average molecular weight is 909 g/mol. The zero-order valence-electron chi connectivity index (χ0n) is 34.2. The van der Waals surface area contributed by atoms with Gasteiger partial charge in [0.1, 0.15) is 66.3 Å². The lowest BCUT2D eigenvalue weighted by Gasteiger charge is -2.42. The van der Waals surface area contributed by atoms with Gasteiger partial charge in [-0.05, 0) is 35.2 Å². The second-order valence-electron chi connectivity index (χ2n) is 16.2. The van der Waals surface area contributed by atoms with E-state index >= 15 is 0 Å². The molecule has 0 unspecified atom stereocenters. The lowest BCUT2D eigenvalue weighted by molar-refractivity contribution is -0.332. The van der Waals surface area contributed by atoms with Gasteiger partial charge in [0, 0.05) is 16.5 Å². The summed E-state index contributed by atoms with van der Waals surface area (Å²) in [6.45, 7) is -3.99. The topological polar surface area (TPSA) is 319 Å². The number of carbonyl (C=O) groups is 1. The van der Waals surface area contributed by atoms with Crippen LogP contribution >= 0.6 is 0 Å². The normalized spacial score (nSPS) is 36.9. The highest BCUT2D eigenvalue weighted by Gasteiger charge is 2.57. The summed E-state index contributed by atoms with van der Waals surface area (Å²) >= 11 is 0. The van der Waals surface area contributed by atoms with Crippen molar-refractivity contribution in [3.05, 3.63) is 41.5 Å². The third kappa shape index (κ3) is 7.77. The minimum atomic E-state index is -2.26. The highest BCUT2D eigenvalue weighted by molar-refractivity contribution is 6.14. The number of rotatable bonds is 13. The first-order valence-corrected chi connectivity index (χ1v) is 20.2. The summed E-state index contributed by atoms with van der Waals surface area (Å²) in [6, 6.07) is 8.42. The summed E-state index contributed by atoms with van der Waals surface area (Å²) in [7, 11) is 2.87. The van der Waals surface area contributed by atoms with Crippen molar-refractivity contribution in [2.24, 2.45) is 0 Å². The van der Waals surface area contributed by atoms with Crippen LogP contribution in [0.4, 0.5) is 0 Å². The van der Waals surface area contributed by atoms with Crippen molar-refractivity contribution in [2.45, 2.75) is 91.8 Å². The quantitative estimate of drug-likeness (QED) is 0.0779. The molecule has 0 amide bonds. The maximum atomic E-state index is 13.7. The molecular formula is C41H48O23. The molecule has 64 heavy (non-hydrogen) atoms. The molecule has 6 heterocycles. The fourth-order valence-electron chi connectivity index (χ4n) is 8.49. The Morgan fingerprint density at radius 3 is 2.12 bits per heavy atom. The zero-order chi connectivity index (χ0) is 45.2. The number of aliphatic hydroxyl groups is 9. The van der Waals surface area contributed by atoms with Gasteiger partial charge in [0.05, 0.1) is 59.4 Å². The predicted molar refractivity (Wildman–Crippen MR) is 206 cm³/mol. The van der Waals surface area contributed by atoms with E-state index in [0.29, 0.717) is 39.1 Å². The van der Waals surface area contributed by atoms with Gasteiger partial charge in [0.2, 0.25) is 13.1 Å². The van der Waals surface area contributed by atoms with Crippen LogP contribution in [0.15, 0.2) is 30.3 Å². The molecule has 4 saturated heterocycles. The van der Waals surface area contributed by atoms with E-state index in [-0.39, 0.29) is 36.0 Å². The van der Waals surface area contributed by atoms with Gasteiger partial charge in [0.25, 0.3) is 0 Å². The van der Waals surface area contributed by atoms with E-state index < -0.39 is 131 Å². The molecule has 350 valence electrons. The largest absolute Gasteiger partial charge is 0.493 e. The van der Waals surface area contributed by atoms with Crippen LogP contribution in [-0.2, 0) is 44.5 Å². The van der Waals surface area contributed by atoms with Crippen LogP contribution in [0.25, 0.3) is 21.9 Å². The first kappa shape index (κ1) is 44.9. The molecule has 0 aromatic heterocycles. The summed E-state index contributed by atoms with van der Waals surface area (Å²) in [4.78, 5) is 13.7. The Hall–Kier alpha value is -4.25. The predicted octanol–water partition coefficient (Wildman–Crippen LogP) is -2.87. The highest BCUT2D eigenvalue weighted by Crippen LogP contribution is 2.50. The Kier molecular flexibility index (Phi) is 12.3. The van der Waals surface area contributed by atoms with E-state index in [1.54, 1.807) is 30.3 Å². The third-order valence-corrected chi connectivity index (χ3v) is 12.1. The maximum absolute atomic E-state index is 13.7. The van der Waals surface area contributed by atoms with Gasteiger partial charge in [-0.15, -0.1) is 0 Å². The molecule has 23 heteroatoms. The molecule has 0 aliphatic carbocycles. The molecule has 9 rings (SSSR count). The summed E-state index contributed by atoms with van der Waals surface area (Å²) < 4.78 is 74.9. The fourth-order valence-corrected chi connectivity index (χ4v) is 8.49. The molecule has 9 N–H and O–H groups in total. The number of fused-ring (bicyclic) bond motifs is 3. The van der Waals surface area contributed by atoms with Crippen LogP contribution in [0.3, 0.4) is 0 Å². The van der Waals surface area contributed by atoms with Gasteiger partial charge in [-0.3, -0.25) is 0 Å². The van der Waals surface area contributed by atoms with Gasteiger partial charge in [0.15, 0.2) is 48.0 Å². The Balaban J connectivity index is 1.09. The molecule has 23 nitrogen and oxygen atoms in total. The Morgan fingerprint density at radius 1 is 0.703 bits per heavy atom. The molecule has 6 aliphatic heterocycles. The fraction of sp³-hybridized carbons (Fsp3) is 0.585. The monoisotopic (exact) mass is 908 g/mol. The molecule has 6 aliphatic rings. The van der Waals surface area contributed by atoms with Crippen LogP contribution in [0.2, 0.25) is 0 Å². The number of methoxy groups -OCH3 is 2. The van der Waals surface area contributed by atoms with E-state index in [4.69, 9.17) is 61.6 Å². The molecule has 14 atom stereocenters. The number of cyclic esters (lactones) is 1. The standard InChI is InChI=1S/C41H48O23/c1-52-23-6-17-18(7-24(23)53-2)31(19-8-54-35(49)27(19)26(17)16-3-4-22-25(5-16)61-15-60-22)62-39-34(41(51,14-59-39)13-57-36-29(46)28(45)20(43)9-55-36)64-37-30(47)32(21(44)10-56-37)63-38-33(48)40(50,11-42)12-58-38/h3-7,20-21,28-30,32-34,36-39,42-48,50-51H,8-15H2,1-2H3/t20-,21+,28-,29-,30-,32+,33+,34+,36+,37+,38+,39+,40-,41+/m1/s1. The highest BCUT2D eigenvalue weighted by atomic mass is 16.8. The molecular weight excluding hydrogens is 860 g/mol. The van der Waals surface area contributed by atoms with Gasteiger partial charge in [-0.25, -0.2) is 4.79 Å². The van der Waals surface area contributed by atoms with Crippen molar-refractivity contribution in [2.75, 3.05) is 60.7 Å². The van der Waals surface area contributed by atoms with E-state index in [0.717, 1.165) is 0 Å². The molecule has 0 spiro atoms. The van der Waals surface area contributed by atoms with Crippen molar-refractivity contribution in [3.63, 3.8) is 0 Å². The number of aliphatic hydroxyl groups excluding tert-OH is 7. The van der Waals surface area contributed by atoms with Crippen LogP contribution in [0.5, 0.6) is 28.7 Å². The summed E-state index contributed by atoms with van der Waals surface area (Å²) in [5.74, 6) is 0.840. The van der Waals surface area contributed by atoms with Gasteiger partial charge in [-0.1, -0.05) is 6.07 Å². The van der Waals surface area contributed by atoms with Crippen molar-refractivity contribution >= 4 is 16.7 Å². The minimum absolute atomic E-state index is 0.00303. The molecule has 3 aromatic carbocycles. The zero-order valence-corrected chi connectivity index (χ0v) is 34.2. The number of esters is 1. The van der Waals surface area contributed by atoms with Gasteiger partial charge in [-0.2, -0.15) is 0 Å². The molecule has 0 radical (unpaired) electrons. The van der Waals surface area contributed by atoms with Crippen molar-refractivity contribution in [1.29, 1.82) is 0 Å². The number of ether oxygens (including phenoxy) is 13. The summed E-state index contributed by atoms with van der Waals surface area (Å²) in [6.07, 6.45) is -20.0. The summed E-state index contributed by atoms with van der Waals surface area (Å²) in [5, 5.41) is 97.1. The smallest absolute Gasteiger partial charge is 0.339 e. The Morgan fingerprint density at radius 2 is 1.39 bits per heavy atom. The summed E-state index contributed by atoms with van der Waals surface area (Å²) in [5.41, 5.74) is -2.98. The van der Waals surface area contributed by atoms with Crippen LogP contribution in [-0.4, -0.2) is 198 Å². The van der Waals surface area contributed by atoms with E-state index in [1.165, 1.54) is 14.2 Å². The van der Waals surface area contributed by atoms with Crippen molar-refractivity contribution < 1.29 is 112 Å². The second kappa shape index (κ2) is 17.5. The minimum Gasteiger partial charge on any atom is -0.493 e. The lowest BCUT2D eigenvalue weighted by Crippen LogP contribution is -2.61. The van der Waals surface area contributed by atoms with E-state index in [2.05, 4.69) is 0 Å². The van der Waals surface area contributed by atoms with Crippen LogP contribution in [0, 0.1) is 0 Å². The van der Waals surface area contributed by atoms with Crippen molar-refractivity contribution in [3.8, 4) is 39.9 Å². The molecule has 3 aromatic rings. The first-order valence-electron chi connectivity index (χ1n) is 20.2. The van der Waals surface area contributed by atoms with Gasteiger partial charge < -0.3 is 108 Å². The number of hydrogen-bond acceptors (Lipinski definition) is 23. The third-order valence-electron chi connectivity index (χ3n) is 12.1. The molecule has 4 fully saturated rings. The van der Waals surface area contributed by atoms with Crippen LogP contribution in [0.1, 0.15) is 15.9 Å². The SMILES string of the molecule is COc1cc2c(O[C@@H]3OC[C@@](O)(CO[C@@H]4OC[C@@H](O)[C@@H](O)[C@H]4O)[C@H]3O[C@@H]3OC[C@H](O)[C@H](O[C@@H]4OC[C@](O)(CO)[C@H]4O)[C@H]3O)c3c(c(-c4ccc5c(c4)OCO5)c2cc1OC)C(=O)OC3. The Bertz CT molecular complexity index is 2220. The Labute approximate surface area is 362 Å². The average Bonchev–Trinajstić information content (AvgIpc) is 4.07. The van der Waals surface area contributed by atoms with E-state index in [1.807, 2.05) is 0 Å². The van der Waals surface area contributed by atoms with Crippen LogP contribution < -0.4 is 23.7 Å². The number of hydrogen-bond donors (Lipinski definition) is 9. The number of benzene rings is 3. The maximum Gasteiger partial charge on any atom is 0.339 e. The first-order chi connectivity index (χ1) is 30.7. The molecule has 0 bridgehead atoms. The van der Waals surface area contributed by atoms with E-state index in [9.17, 15) is 50.8 Å².